The summed E-state index contributed by atoms with van der Waals surface area (Å²) in [6, 6.07) is 14.5. The fourth-order valence-electron chi connectivity index (χ4n) is 4.27. The molecule has 0 saturated heterocycles. The van der Waals surface area contributed by atoms with E-state index in [1.165, 1.54) is 0 Å². The summed E-state index contributed by atoms with van der Waals surface area (Å²) >= 11 is 0. The molecule has 1 unspecified atom stereocenters. The monoisotopic (exact) mass is 501 g/mol. The summed E-state index contributed by atoms with van der Waals surface area (Å²) in [5.74, 6) is 1.91. The molecule has 190 valence electrons. The molecule has 0 amide bonds. The van der Waals surface area contributed by atoms with Crippen LogP contribution in [0.2, 0.25) is 0 Å². The van der Waals surface area contributed by atoms with Crippen LogP contribution in [0.3, 0.4) is 0 Å². The van der Waals surface area contributed by atoms with Crippen LogP contribution >= 0.6 is 0 Å². The van der Waals surface area contributed by atoms with Gasteiger partial charge in [0, 0.05) is 24.1 Å². The SMILES string of the molecule is COc1cc(C(Cc2ccc(C(=N)N)cc2)c2nn(-c3ncccc3N)c(=O)[nH]2)cc2c1OCCCO2. The smallest absolute Gasteiger partial charge is 0.349 e. The number of pyridine rings is 1. The summed E-state index contributed by atoms with van der Waals surface area (Å²) in [6.45, 7) is 1.04. The number of methoxy groups -OCH3 is 1. The van der Waals surface area contributed by atoms with Gasteiger partial charge in [-0.1, -0.05) is 24.3 Å². The first-order chi connectivity index (χ1) is 17.9. The van der Waals surface area contributed by atoms with Crippen LogP contribution in [0.5, 0.6) is 17.2 Å². The standard InChI is InChI=1S/C26H27N7O4/c1-35-20-13-17(14-21-22(20)37-11-3-10-36-21)18(12-15-5-7-16(8-6-15)23(28)29)24-31-26(34)33(32-24)25-19(27)4-2-9-30-25/h2,4-9,13-14,18H,3,10-12,27H2,1H3,(H3,28,29)(H,31,32,34). The summed E-state index contributed by atoms with van der Waals surface area (Å²) in [4.78, 5) is 20.1. The second kappa shape index (κ2) is 10.1. The van der Waals surface area contributed by atoms with Gasteiger partial charge in [0.1, 0.15) is 11.7 Å². The Morgan fingerprint density at radius 2 is 2.00 bits per heavy atom. The Morgan fingerprint density at radius 3 is 2.73 bits per heavy atom. The highest BCUT2D eigenvalue weighted by molar-refractivity contribution is 5.94. The molecule has 11 nitrogen and oxygen atoms in total. The number of hydrogen-bond acceptors (Lipinski definition) is 8. The van der Waals surface area contributed by atoms with Crippen LogP contribution in [-0.4, -0.2) is 45.9 Å². The van der Waals surface area contributed by atoms with E-state index >= 15 is 0 Å². The first kappa shape index (κ1) is 23.9. The Labute approximate surface area is 212 Å². The fraction of sp³-hybridized carbons (Fsp3) is 0.231. The van der Waals surface area contributed by atoms with E-state index in [0.29, 0.717) is 54.0 Å². The largest absolute Gasteiger partial charge is 0.493 e. The maximum absolute atomic E-state index is 12.9. The van der Waals surface area contributed by atoms with Crippen LogP contribution in [0.15, 0.2) is 59.5 Å². The maximum atomic E-state index is 12.9. The average Bonchev–Trinajstić information content (AvgIpc) is 3.12. The first-order valence-corrected chi connectivity index (χ1v) is 11.8. The third kappa shape index (κ3) is 4.83. The topological polar surface area (TPSA) is 167 Å². The van der Waals surface area contributed by atoms with Crippen LogP contribution < -0.4 is 31.4 Å². The van der Waals surface area contributed by atoms with Gasteiger partial charge < -0.3 is 25.7 Å². The van der Waals surface area contributed by atoms with Crippen LogP contribution in [0.4, 0.5) is 5.69 Å². The second-order valence-corrected chi connectivity index (χ2v) is 8.61. The minimum atomic E-state index is -0.460. The number of benzene rings is 2. The van der Waals surface area contributed by atoms with Crippen molar-refractivity contribution in [1.29, 1.82) is 5.41 Å². The summed E-state index contributed by atoms with van der Waals surface area (Å²) < 4.78 is 18.6. The van der Waals surface area contributed by atoms with Crippen molar-refractivity contribution in [3.05, 3.63) is 87.7 Å². The van der Waals surface area contributed by atoms with Crippen molar-refractivity contribution in [1.82, 2.24) is 19.7 Å². The molecule has 1 aliphatic rings. The minimum absolute atomic E-state index is 0.00763. The number of hydrogen-bond donors (Lipinski definition) is 4. The van der Waals surface area contributed by atoms with Crippen molar-refractivity contribution in [3.8, 4) is 23.1 Å². The zero-order valence-corrected chi connectivity index (χ0v) is 20.2. The van der Waals surface area contributed by atoms with Crippen molar-refractivity contribution < 1.29 is 14.2 Å². The van der Waals surface area contributed by atoms with E-state index in [1.54, 1.807) is 37.6 Å². The molecule has 11 heteroatoms. The van der Waals surface area contributed by atoms with Gasteiger partial charge in [0.15, 0.2) is 17.3 Å². The number of nitrogen functional groups attached to an aromatic ring is 2. The molecular formula is C26H27N7O4. The molecular weight excluding hydrogens is 474 g/mol. The lowest BCUT2D eigenvalue weighted by Crippen LogP contribution is -2.18. The summed E-state index contributed by atoms with van der Waals surface area (Å²) in [5, 5.41) is 12.2. The van der Waals surface area contributed by atoms with Crippen molar-refractivity contribution in [2.24, 2.45) is 5.73 Å². The Balaban J connectivity index is 1.62. The Bertz CT molecular complexity index is 1490. The molecule has 2 aromatic heterocycles. The highest BCUT2D eigenvalue weighted by Gasteiger charge is 2.26. The van der Waals surface area contributed by atoms with E-state index in [2.05, 4.69) is 15.1 Å². The molecule has 0 spiro atoms. The van der Waals surface area contributed by atoms with E-state index in [1.807, 2.05) is 24.3 Å². The zero-order valence-electron chi connectivity index (χ0n) is 20.2. The lowest BCUT2D eigenvalue weighted by atomic mass is 9.90. The minimum Gasteiger partial charge on any atom is -0.493 e. The first-order valence-electron chi connectivity index (χ1n) is 11.8. The molecule has 4 aromatic rings. The van der Waals surface area contributed by atoms with Gasteiger partial charge in [-0.2, -0.15) is 4.68 Å². The number of anilines is 1. The van der Waals surface area contributed by atoms with Crippen molar-refractivity contribution in [2.75, 3.05) is 26.1 Å². The molecule has 6 N–H and O–H groups in total. The number of aromatic amines is 1. The predicted molar refractivity (Wildman–Crippen MR) is 138 cm³/mol. The highest BCUT2D eigenvalue weighted by Crippen LogP contribution is 2.43. The summed E-state index contributed by atoms with van der Waals surface area (Å²) in [7, 11) is 1.57. The van der Waals surface area contributed by atoms with Crippen LogP contribution in [0.1, 0.15) is 34.9 Å². The van der Waals surface area contributed by atoms with Gasteiger partial charge in [-0.25, -0.2) is 9.78 Å². The molecule has 0 saturated carbocycles. The second-order valence-electron chi connectivity index (χ2n) is 8.61. The quantitative estimate of drug-likeness (QED) is 0.221. The molecule has 5 rings (SSSR count). The van der Waals surface area contributed by atoms with Crippen molar-refractivity contribution >= 4 is 11.5 Å². The van der Waals surface area contributed by atoms with Crippen molar-refractivity contribution in [3.63, 3.8) is 0 Å². The number of H-pyrrole nitrogens is 1. The molecule has 0 fully saturated rings. The average molecular weight is 502 g/mol. The third-order valence-electron chi connectivity index (χ3n) is 6.15. The van der Waals surface area contributed by atoms with E-state index in [0.717, 1.165) is 22.2 Å². The van der Waals surface area contributed by atoms with Gasteiger partial charge in [-0.15, -0.1) is 5.10 Å². The zero-order chi connectivity index (χ0) is 25.9. The number of fused-ring (bicyclic) bond motifs is 1. The summed E-state index contributed by atoms with van der Waals surface area (Å²) in [5.41, 5.74) is 13.9. The normalized spacial score (nSPS) is 13.5. The van der Waals surface area contributed by atoms with Gasteiger partial charge >= 0.3 is 5.69 Å². The number of rotatable bonds is 7. The van der Waals surface area contributed by atoms with Crippen LogP contribution in [-0.2, 0) is 6.42 Å². The number of ether oxygens (including phenoxy) is 3. The number of nitrogens with two attached hydrogens (primary N) is 2. The lowest BCUT2D eigenvalue weighted by Gasteiger charge is -2.19. The Hall–Kier alpha value is -4.80. The molecule has 3 heterocycles. The maximum Gasteiger partial charge on any atom is 0.349 e. The van der Waals surface area contributed by atoms with E-state index < -0.39 is 11.6 Å². The van der Waals surface area contributed by atoms with E-state index in [-0.39, 0.29) is 11.7 Å². The molecule has 1 atom stereocenters. The van der Waals surface area contributed by atoms with Crippen LogP contribution in [0.25, 0.3) is 5.82 Å². The Morgan fingerprint density at radius 1 is 1.22 bits per heavy atom. The van der Waals surface area contributed by atoms with Gasteiger partial charge in [0.05, 0.1) is 26.0 Å². The lowest BCUT2D eigenvalue weighted by molar-refractivity contribution is 0.289. The van der Waals surface area contributed by atoms with Crippen LogP contribution in [0, 0.1) is 5.41 Å². The van der Waals surface area contributed by atoms with E-state index in [4.69, 9.17) is 31.1 Å². The van der Waals surface area contributed by atoms with Gasteiger partial charge in [-0.3, -0.25) is 10.4 Å². The van der Waals surface area contributed by atoms with Gasteiger partial charge in [0.2, 0.25) is 5.75 Å². The molecule has 1 aliphatic heterocycles. The number of amidine groups is 1. The number of aromatic nitrogens is 4. The molecule has 37 heavy (non-hydrogen) atoms. The van der Waals surface area contributed by atoms with Crippen molar-refractivity contribution in [2.45, 2.75) is 18.8 Å². The predicted octanol–water partition coefficient (Wildman–Crippen LogP) is 2.37. The third-order valence-corrected chi connectivity index (χ3v) is 6.15. The molecule has 0 bridgehead atoms. The number of nitrogens with one attached hydrogen (secondary N) is 2. The molecule has 2 aromatic carbocycles. The summed E-state index contributed by atoms with van der Waals surface area (Å²) in [6.07, 6.45) is 2.78. The molecule has 0 radical (unpaired) electrons. The highest BCUT2D eigenvalue weighted by atomic mass is 16.5. The fourth-order valence-corrected chi connectivity index (χ4v) is 4.27. The van der Waals surface area contributed by atoms with Gasteiger partial charge in [-0.05, 0) is 41.8 Å². The van der Waals surface area contributed by atoms with Gasteiger partial charge in [0.25, 0.3) is 0 Å². The molecule has 0 aliphatic carbocycles. The number of nitrogens with zero attached hydrogens (tertiary/aromatic N) is 3. The Kier molecular flexibility index (Phi) is 6.50. The van der Waals surface area contributed by atoms with E-state index in [9.17, 15) is 4.79 Å².